The van der Waals surface area contributed by atoms with Crippen molar-refractivity contribution in [1.29, 1.82) is 0 Å². The Morgan fingerprint density at radius 1 is 1.17 bits per heavy atom. The summed E-state index contributed by atoms with van der Waals surface area (Å²) < 4.78 is 0. The maximum atomic E-state index is 12.0. The van der Waals surface area contributed by atoms with Crippen LogP contribution in [0.15, 0.2) is 18.2 Å². The van der Waals surface area contributed by atoms with Crippen LogP contribution in [0, 0.1) is 19.8 Å². The number of rotatable bonds is 8. The summed E-state index contributed by atoms with van der Waals surface area (Å²) in [7, 11) is 0. The second-order valence-corrected chi connectivity index (χ2v) is 6.43. The van der Waals surface area contributed by atoms with Gasteiger partial charge in [0.1, 0.15) is 0 Å². The first-order valence-corrected chi connectivity index (χ1v) is 8.25. The molecular weight excluding hydrogens is 308 g/mol. The normalized spacial score (nSPS) is 14.8. The zero-order chi connectivity index (χ0) is 17.7. The summed E-state index contributed by atoms with van der Waals surface area (Å²) in [4.78, 5) is 35.0. The number of nitrogens with one attached hydrogen (secondary N) is 2. The van der Waals surface area contributed by atoms with Crippen LogP contribution in [0.2, 0.25) is 0 Å². The number of aliphatic carboxylic acids is 1. The number of carboxylic acid groups (broad SMARTS) is 1. The lowest BCUT2D eigenvalue weighted by molar-refractivity contribution is -0.142. The van der Waals surface area contributed by atoms with Gasteiger partial charge < -0.3 is 15.7 Å². The highest BCUT2D eigenvalue weighted by Gasteiger charge is 2.29. The molecular formula is C18H24N2O4. The van der Waals surface area contributed by atoms with Gasteiger partial charge in [-0.25, -0.2) is 4.79 Å². The molecule has 130 valence electrons. The van der Waals surface area contributed by atoms with Gasteiger partial charge in [0.2, 0.25) is 11.8 Å². The Balaban J connectivity index is 1.84. The number of carbonyl (C=O) groups excluding carboxylic acids is 2. The molecule has 6 heteroatoms. The van der Waals surface area contributed by atoms with Gasteiger partial charge >= 0.3 is 5.97 Å². The van der Waals surface area contributed by atoms with E-state index in [1.165, 1.54) is 0 Å². The molecule has 2 amide bonds. The largest absolute Gasteiger partial charge is 0.479 e. The molecule has 1 fully saturated rings. The second kappa shape index (κ2) is 7.95. The molecule has 1 atom stereocenters. The molecule has 3 N–H and O–H groups in total. The molecule has 24 heavy (non-hydrogen) atoms. The van der Waals surface area contributed by atoms with Crippen LogP contribution >= 0.6 is 0 Å². The number of carbonyl (C=O) groups is 3. The summed E-state index contributed by atoms with van der Waals surface area (Å²) in [6, 6.07) is 4.42. The third-order valence-corrected chi connectivity index (χ3v) is 3.96. The monoisotopic (exact) mass is 332 g/mol. The van der Waals surface area contributed by atoms with E-state index < -0.39 is 12.0 Å². The smallest absolute Gasteiger partial charge is 0.330 e. The number of hydrogen-bond donors (Lipinski definition) is 3. The number of aryl methyl sites for hydroxylation is 2. The van der Waals surface area contributed by atoms with Gasteiger partial charge in [-0.1, -0.05) is 29.3 Å². The molecule has 0 aromatic heterocycles. The zero-order valence-electron chi connectivity index (χ0n) is 14.1. The predicted molar refractivity (Wildman–Crippen MR) is 89.4 cm³/mol. The van der Waals surface area contributed by atoms with Gasteiger partial charge in [0.25, 0.3) is 0 Å². The fraction of sp³-hybridized carbons (Fsp3) is 0.500. The minimum absolute atomic E-state index is 0.0501. The lowest BCUT2D eigenvalue weighted by atomic mass is 10.0. The van der Waals surface area contributed by atoms with Gasteiger partial charge in [-0.05, 0) is 38.7 Å². The van der Waals surface area contributed by atoms with Crippen LogP contribution in [0.4, 0.5) is 0 Å². The van der Waals surface area contributed by atoms with Gasteiger partial charge in [-0.15, -0.1) is 0 Å². The molecule has 0 heterocycles. The summed E-state index contributed by atoms with van der Waals surface area (Å²) in [6.07, 6.45) is 2.56. The van der Waals surface area contributed by atoms with Crippen LogP contribution in [0.5, 0.6) is 0 Å². The standard InChI is InChI=1S/C18H24N2O4/c1-11-8-12(2)10-14(9-11)16(18(23)24)20-15(21)4-3-7-19-17(22)13-5-6-13/h8-10,13,16H,3-7H2,1-2H3,(H,19,22)(H,20,21)(H,23,24). The van der Waals surface area contributed by atoms with E-state index >= 15 is 0 Å². The second-order valence-electron chi connectivity index (χ2n) is 6.43. The van der Waals surface area contributed by atoms with Crippen LogP contribution in [0.3, 0.4) is 0 Å². The lowest BCUT2D eigenvalue weighted by Crippen LogP contribution is -2.34. The van der Waals surface area contributed by atoms with Crippen molar-refractivity contribution in [3.8, 4) is 0 Å². The van der Waals surface area contributed by atoms with Crippen LogP contribution in [-0.2, 0) is 14.4 Å². The van der Waals surface area contributed by atoms with Gasteiger partial charge in [0, 0.05) is 18.9 Å². The molecule has 1 aliphatic carbocycles. The van der Waals surface area contributed by atoms with E-state index in [1.54, 1.807) is 12.1 Å². The number of hydrogen-bond acceptors (Lipinski definition) is 3. The number of amides is 2. The van der Waals surface area contributed by atoms with Gasteiger partial charge in [0.05, 0.1) is 0 Å². The summed E-state index contributed by atoms with van der Waals surface area (Å²) in [6.45, 7) is 4.21. The van der Waals surface area contributed by atoms with E-state index in [1.807, 2.05) is 19.9 Å². The first kappa shape index (κ1) is 18.0. The van der Waals surface area contributed by atoms with Crippen molar-refractivity contribution in [1.82, 2.24) is 10.6 Å². The molecule has 1 saturated carbocycles. The molecule has 1 aliphatic rings. The Kier molecular flexibility index (Phi) is 5.95. The number of carboxylic acids is 1. The Labute approximate surface area is 141 Å². The van der Waals surface area contributed by atoms with E-state index in [9.17, 15) is 19.5 Å². The fourth-order valence-corrected chi connectivity index (χ4v) is 2.65. The van der Waals surface area contributed by atoms with Crippen LogP contribution in [-0.4, -0.2) is 29.4 Å². The SMILES string of the molecule is Cc1cc(C)cc(C(NC(=O)CCCNC(=O)C2CC2)C(=O)O)c1. The van der Waals surface area contributed by atoms with E-state index in [0.717, 1.165) is 24.0 Å². The Morgan fingerprint density at radius 2 is 1.79 bits per heavy atom. The summed E-state index contributed by atoms with van der Waals surface area (Å²) in [5, 5.41) is 14.7. The first-order chi connectivity index (χ1) is 11.4. The maximum Gasteiger partial charge on any atom is 0.330 e. The minimum atomic E-state index is -1.09. The van der Waals surface area contributed by atoms with Crippen LogP contribution in [0.25, 0.3) is 0 Å². The summed E-state index contributed by atoms with van der Waals surface area (Å²) in [5.74, 6) is -1.22. The van der Waals surface area contributed by atoms with Crippen LogP contribution < -0.4 is 10.6 Å². The Morgan fingerprint density at radius 3 is 2.33 bits per heavy atom. The molecule has 1 aromatic carbocycles. The average Bonchev–Trinajstić information content (AvgIpc) is 3.32. The molecule has 2 rings (SSSR count). The van der Waals surface area contributed by atoms with E-state index in [2.05, 4.69) is 10.6 Å². The van der Waals surface area contributed by atoms with Crippen molar-refractivity contribution in [2.24, 2.45) is 5.92 Å². The molecule has 1 unspecified atom stereocenters. The van der Waals surface area contributed by atoms with Gasteiger partial charge in [-0.3, -0.25) is 9.59 Å². The minimum Gasteiger partial charge on any atom is -0.479 e. The number of benzene rings is 1. The fourth-order valence-electron chi connectivity index (χ4n) is 2.65. The summed E-state index contributed by atoms with van der Waals surface area (Å²) in [5.41, 5.74) is 2.47. The molecule has 6 nitrogen and oxygen atoms in total. The molecule has 0 saturated heterocycles. The van der Waals surface area contributed by atoms with E-state index in [-0.39, 0.29) is 24.2 Å². The predicted octanol–water partition coefficient (Wildman–Crippen LogP) is 1.85. The van der Waals surface area contributed by atoms with Crippen molar-refractivity contribution in [2.45, 2.75) is 45.6 Å². The average molecular weight is 332 g/mol. The van der Waals surface area contributed by atoms with Gasteiger partial charge in [0.15, 0.2) is 6.04 Å². The third-order valence-electron chi connectivity index (χ3n) is 3.96. The lowest BCUT2D eigenvalue weighted by Gasteiger charge is -2.16. The molecule has 1 aromatic rings. The highest BCUT2D eigenvalue weighted by atomic mass is 16.4. The van der Waals surface area contributed by atoms with Crippen molar-refractivity contribution in [2.75, 3.05) is 6.54 Å². The first-order valence-electron chi connectivity index (χ1n) is 8.25. The highest BCUT2D eigenvalue weighted by molar-refractivity contribution is 5.84. The molecule has 0 radical (unpaired) electrons. The molecule has 0 bridgehead atoms. The van der Waals surface area contributed by atoms with Crippen molar-refractivity contribution in [3.05, 3.63) is 34.9 Å². The Bertz CT molecular complexity index is 618. The van der Waals surface area contributed by atoms with Crippen molar-refractivity contribution < 1.29 is 19.5 Å². The van der Waals surface area contributed by atoms with Gasteiger partial charge in [-0.2, -0.15) is 0 Å². The maximum absolute atomic E-state index is 12.0. The van der Waals surface area contributed by atoms with Crippen molar-refractivity contribution >= 4 is 17.8 Å². The van der Waals surface area contributed by atoms with E-state index in [4.69, 9.17) is 0 Å². The molecule has 0 aliphatic heterocycles. The van der Waals surface area contributed by atoms with Crippen molar-refractivity contribution in [3.63, 3.8) is 0 Å². The van der Waals surface area contributed by atoms with Crippen LogP contribution in [0.1, 0.15) is 48.4 Å². The quantitative estimate of drug-likeness (QED) is 0.633. The summed E-state index contributed by atoms with van der Waals surface area (Å²) >= 11 is 0. The zero-order valence-corrected chi connectivity index (χ0v) is 14.1. The Hall–Kier alpha value is -2.37. The topological polar surface area (TPSA) is 95.5 Å². The molecule has 0 spiro atoms. The van der Waals surface area contributed by atoms with E-state index in [0.29, 0.717) is 18.5 Å². The third kappa shape index (κ3) is 5.37. The highest BCUT2D eigenvalue weighted by Crippen LogP contribution is 2.28.